The number of nitrogens with one attached hydrogen (secondary N) is 3. The summed E-state index contributed by atoms with van der Waals surface area (Å²) in [5, 5.41) is 4.18. The van der Waals surface area contributed by atoms with Gasteiger partial charge in [-0.25, -0.2) is 23.1 Å². The number of benzene rings is 1. The molecule has 0 aliphatic carbocycles. The van der Waals surface area contributed by atoms with Crippen LogP contribution in [-0.4, -0.2) is 43.0 Å². The van der Waals surface area contributed by atoms with Crippen molar-refractivity contribution in [3.8, 4) is 0 Å². The molecule has 0 spiro atoms. The van der Waals surface area contributed by atoms with Crippen molar-refractivity contribution in [3.05, 3.63) is 36.8 Å². The lowest BCUT2D eigenvalue weighted by atomic mass is 10.2. The fourth-order valence-electron chi connectivity index (χ4n) is 3.54. The molecule has 0 radical (unpaired) electrons. The average Bonchev–Trinajstić information content (AvgIpc) is 3.31. The van der Waals surface area contributed by atoms with Crippen LogP contribution in [0, 0.1) is 0 Å². The van der Waals surface area contributed by atoms with Crippen molar-refractivity contribution >= 4 is 38.2 Å². The molecule has 2 aromatic heterocycles. The van der Waals surface area contributed by atoms with Crippen LogP contribution in [0.1, 0.15) is 19.8 Å². The van der Waals surface area contributed by atoms with E-state index in [0.29, 0.717) is 17.5 Å². The van der Waals surface area contributed by atoms with Crippen molar-refractivity contribution in [2.24, 2.45) is 0 Å². The van der Waals surface area contributed by atoms with Crippen molar-refractivity contribution in [3.63, 3.8) is 0 Å². The van der Waals surface area contributed by atoms with E-state index in [0.717, 1.165) is 36.1 Å². The zero-order chi connectivity index (χ0) is 19.0. The first-order chi connectivity index (χ1) is 13.0. The molecule has 1 fully saturated rings. The molecule has 142 valence electrons. The van der Waals surface area contributed by atoms with Gasteiger partial charge in [0.15, 0.2) is 0 Å². The van der Waals surface area contributed by atoms with Crippen molar-refractivity contribution in [2.75, 3.05) is 23.8 Å². The molecule has 3 aromatic rings. The fraction of sp³-hybridized carbons (Fsp3) is 0.333. The first-order valence-corrected chi connectivity index (χ1v) is 10.4. The fourth-order valence-corrected chi connectivity index (χ4v) is 4.30. The van der Waals surface area contributed by atoms with E-state index in [-0.39, 0.29) is 4.90 Å². The van der Waals surface area contributed by atoms with Gasteiger partial charge in [0.05, 0.1) is 21.7 Å². The number of aromatic amines is 1. The number of aromatic nitrogens is 3. The highest BCUT2D eigenvalue weighted by Gasteiger charge is 2.24. The molecular weight excluding hydrogens is 364 g/mol. The summed E-state index contributed by atoms with van der Waals surface area (Å²) in [4.78, 5) is 14.1. The standard InChI is InChI=1S/C18H22N6O2S/c1-12-4-3-9-24(12)16-6-5-13(27(25,26)19-2)10-15(16)23-18-14-7-8-20-17(14)21-11-22-18/h5-8,10-12,19H,3-4,9H2,1-2H3,(H2,20,21,22,23). The van der Waals surface area contributed by atoms with Crippen LogP contribution >= 0.6 is 0 Å². The third-order valence-corrected chi connectivity index (χ3v) is 6.43. The Hall–Kier alpha value is -2.65. The molecule has 1 aliphatic heterocycles. The van der Waals surface area contributed by atoms with Crippen molar-refractivity contribution in [1.29, 1.82) is 0 Å². The highest BCUT2D eigenvalue weighted by atomic mass is 32.2. The maximum atomic E-state index is 12.3. The van der Waals surface area contributed by atoms with Crippen LogP contribution in [-0.2, 0) is 10.0 Å². The zero-order valence-electron chi connectivity index (χ0n) is 15.2. The number of hydrogen-bond acceptors (Lipinski definition) is 6. The van der Waals surface area contributed by atoms with Gasteiger partial charge < -0.3 is 15.2 Å². The number of anilines is 3. The third kappa shape index (κ3) is 3.24. The van der Waals surface area contributed by atoms with Crippen LogP contribution in [0.4, 0.5) is 17.2 Å². The number of sulfonamides is 1. The van der Waals surface area contributed by atoms with Gasteiger partial charge in [0, 0.05) is 18.8 Å². The monoisotopic (exact) mass is 386 g/mol. The van der Waals surface area contributed by atoms with Crippen molar-refractivity contribution in [1.82, 2.24) is 19.7 Å². The second-order valence-electron chi connectivity index (χ2n) is 6.66. The van der Waals surface area contributed by atoms with Gasteiger partial charge >= 0.3 is 0 Å². The summed E-state index contributed by atoms with van der Waals surface area (Å²) < 4.78 is 27.0. The van der Waals surface area contributed by atoms with Crippen LogP contribution in [0.15, 0.2) is 41.7 Å². The van der Waals surface area contributed by atoms with Crippen molar-refractivity contribution in [2.45, 2.75) is 30.7 Å². The molecule has 0 amide bonds. The first kappa shape index (κ1) is 17.7. The molecule has 1 aromatic carbocycles. The van der Waals surface area contributed by atoms with Crippen LogP contribution in [0.5, 0.6) is 0 Å². The maximum absolute atomic E-state index is 12.3. The smallest absolute Gasteiger partial charge is 0.240 e. The molecule has 0 saturated carbocycles. The Morgan fingerprint density at radius 2 is 2.11 bits per heavy atom. The zero-order valence-corrected chi connectivity index (χ0v) is 16.0. The number of H-pyrrole nitrogens is 1. The van der Waals surface area contributed by atoms with E-state index in [9.17, 15) is 8.42 Å². The minimum absolute atomic E-state index is 0.211. The van der Waals surface area contributed by atoms with E-state index < -0.39 is 10.0 Å². The Morgan fingerprint density at radius 1 is 1.26 bits per heavy atom. The molecular formula is C18H22N6O2S. The molecule has 1 aliphatic rings. The predicted octanol–water partition coefficient (Wildman–Crippen LogP) is 2.60. The number of rotatable bonds is 5. The lowest BCUT2D eigenvalue weighted by Gasteiger charge is -2.27. The molecule has 4 rings (SSSR count). The Balaban J connectivity index is 1.82. The molecule has 1 unspecified atom stereocenters. The van der Waals surface area contributed by atoms with Gasteiger partial charge in [-0.2, -0.15) is 0 Å². The maximum Gasteiger partial charge on any atom is 0.240 e. The Kier molecular flexibility index (Phi) is 4.48. The topological polar surface area (TPSA) is 103 Å². The largest absolute Gasteiger partial charge is 0.367 e. The van der Waals surface area contributed by atoms with Crippen LogP contribution in [0.2, 0.25) is 0 Å². The molecule has 3 heterocycles. The normalized spacial score (nSPS) is 17.6. The Bertz CT molecular complexity index is 1080. The quantitative estimate of drug-likeness (QED) is 0.623. The third-order valence-electron chi connectivity index (χ3n) is 5.02. The van der Waals surface area contributed by atoms with E-state index in [1.807, 2.05) is 12.1 Å². The van der Waals surface area contributed by atoms with E-state index in [1.165, 1.54) is 13.4 Å². The molecule has 0 bridgehead atoms. The van der Waals surface area contributed by atoms with Gasteiger partial charge in [-0.1, -0.05) is 0 Å². The number of nitrogens with zero attached hydrogens (tertiary/aromatic N) is 3. The summed E-state index contributed by atoms with van der Waals surface area (Å²) in [6.45, 7) is 3.13. The summed E-state index contributed by atoms with van der Waals surface area (Å²) in [6.07, 6.45) is 5.52. The van der Waals surface area contributed by atoms with Gasteiger partial charge in [-0.3, -0.25) is 0 Å². The lowest BCUT2D eigenvalue weighted by Crippen LogP contribution is -2.27. The lowest BCUT2D eigenvalue weighted by molar-refractivity contribution is 0.588. The summed E-state index contributed by atoms with van der Waals surface area (Å²) in [5.74, 6) is 0.633. The molecule has 1 saturated heterocycles. The molecule has 3 N–H and O–H groups in total. The van der Waals surface area contributed by atoms with Gasteiger partial charge in [0.25, 0.3) is 0 Å². The summed E-state index contributed by atoms with van der Waals surface area (Å²) >= 11 is 0. The van der Waals surface area contributed by atoms with Gasteiger partial charge in [-0.15, -0.1) is 0 Å². The van der Waals surface area contributed by atoms with Crippen LogP contribution in [0.3, 0.4) is 0 Å². The van der Waals surface area contributed by atoms with E-state index >= 15 is 0 Å². The summed E-state index contributed by atoms with van der Waals surface area (Å²) in [5.41, 5.74) is 2.40. The van der Waals surface area contributed by atoms with E-state index in [1.54, 1.807) is 18.3 Å². The number of hydrogen-bond donors (Lipinski definition) is 3. The SMILES string of the molecule is CNS(=O)(=O)c1ccc(N2CCCC2C)c(Nc2ncnc3[nH]ccc23)c1. The van der Waals surface area contributed by atoms with Crippen molar-refractivity contribution < 1.29 is 8.42 Å². The Morgan fingerprint density at radius 3 is 2.85 bits per heavy atom. The molecule has 8 nitrogen and oxygen atoms in total. The van der Waals surface area contributed by atoms with Gasteiger partial charge in [-0.05, 0) is 51.1 Å². The predicted molar refractivity (Wildman–Crippen MR) is 106 cm³/mol. The Labute approximate surface area is 158 Å². The molecule has 27 heavy (non-hydrogen) atoms. The first-order valence-electron chi connectivity index (χ1n) is 8.89. The van der Waals surface area contributed by atoms with Gasteiger partial charge in [0.2, 0.25) is 10.0 Å². The second-order valence-corrected chi connectivity index (χ2v) is 8.54. The van der Waals surface area contributed by atoms with Crippen LogP contribution < -0.4 is 14.9 Å². The number of fused-ring (bicyclic) bond motifs is 1. The molecule has 1 atom stereocenters. The van der Waals surface area contributed by atoms with Crippen LogP contribution in [0.25, 0.3) is 11.0 Å². The minimum Gasteiger partial charge on any atom is -0.367 e. The highest BCUT2D eigenvalue weighted by molar-refractivity contribution is 7.89. The summed E-state index contributed by atoms with van der Waals surface area (Å²) in [7, 11) is -2.14. The second kappa shape index (κ2) is 6.82. The van der Waals surface area contributed by atoms with Gasteiger partial charge in [0.1, 0.15) is 17.8 Å². The van der Waals surface area contributed by atoms with E-state index in [4.69, 9.17) is 0 Å². The summed E-state index contributed by atoms with van der Waals surface area (Å²) in [6, 6.07) is 7.46. The average molecular weight is 386 g/mol. The minimum atomic E-state index is -3.55. The highest BCUT2D eigenvalue weighted by Crippen LogP contribution is 2.36. The van der Waals surface area contributed by atoms with E-state index in [2.05, 4.69) is 36.8 Å². The molecule has 9 heteroatoms.